The van der Waals surface area contributed by atoms with Gasteiger partial charge in [0.15, 0.2) is 6.61 Å². The highest BCUT2D eigenvalue weighted by Crippen LogP contribution is 2.37. The Bertz CT molecular complexity index is 693. The summed E-state index contributed by atoms with van der Waals surface area (Å²) in [6.45, 7) is -0.376. The second kappa shape index (κ2) is 7.36. The SMILES string of the molecule is O=C(O)COc1ccc(/C=C2/SC(=S)N(C3CCCC3)C2=O)cc1. The standard InChI is InChI=1S/C17H17NO4S2/c19-15(20)10-22-13-7-5-11(6-8-13)9-14-16(21)18(17(23)24-14)12-3-1-2-4-12/h5-9,12H,1-4,10H2,(H,19,20)/b14-9+. The molecule has 1 aliphatic carbocycles. The molecular weight excluding hydrogens is 346 g/mol. The molecule has 0 aromatic heterocycles. The lowest BCUT2D eigenvalue weighted by Gasteiger charge is -2.21. The van der Waals surface area contributed by atoms with Gasteiger partial charge in [0.05, 0.1) is 4.91 Å². The molecule has 126 valence electrons. The van der Waals surface area contributed by atoms with E-state index in [-0.39, 0.29) is 18.6 Å². The number of ether oxygens (including phenoxy) is 1. The maximum absolute atomic E-state index is 12.6. The minimum Gasteiger partial charge on any atom is -0.482 e. The van der Waals surface area contributed by atoms with Crippen LogP contribution in [0.5, 0.6) is 5.75 Å². The highest BCUT2D eigenvalue weighted by atomic mass is 32.2. The zero-order valence-electron chi connectivity index (χ0n) is 12.9. The summed E-state index contributed by atoms with van der Waals surface area (Å²) in [4.78, 5) is 25.5. The number of carbonyl (C=O) groups excluding carboxylic acids is 1. The van der Waals surface area contributed by atoms with Crippen LogP contribution in [0.25, 0.3) is 6.08 Å². The molecular formula is C17H17NO4S2. The molecule has 3 rings (SSSR count). The Morgan fingerprint density at radius 1 is 1.33 bits per heavy atom. The Labute approximate surface area is 149 Å². The van der Waals surface area contributed by atoms with Crippen molar-refractivity contribution in [3.05, 3.63) is 34.7 Å². The molecule has 1 heterocycles. The highest BCUT2D eigenvalue weighted by Gasteiger charge is 2.37. The molecule has 2 fully saturated rings. The van der Waals surface area contributed by atoms with Crippen molar-refractivity contribution in [1.29, 1.82) is 0 Å². The fraction of sp³-hybridized carbons (Fsp3) is 0.353. The van der Waals surface area contributed by atoms with Crippen molar-refractivity contribution >= 4 is 46.3 Å². The number of amides is 1. The first-order chi connectivity index (χ1) is 11.5. The first-order valence-corrected chi connectivity index (χ1v) is 8.99. The van der Waals surface area contributed by atoms with Crippen molar-refractivity contribution in [2.45, 2.75) is 31.7 Å². The van der Waals surface area contributed by atoms with Gasteiger partial charge in [-0.2, -0.15) is 0 Å². The van der Waals surface area contributed by atoms with Crippen LogP contribution in [0.15, 0.2) is 29.2 Å². The minimum atomic E-state index is -1.02. The number of thioether (sulfide) groups is 1. The van der Waals surface area contributed by atoms with E-state index >= 15 is 0 Å². The summed E-state index contributed by atoms with van der Waals surface area (Å²) >= 11 is 6.72. The quantitative estimate of drug-likeness (QED) is 0.640. The molecule has 0 atom stereocenters. The molecule has 1 saturated heterocycles. The molecule has 1 N–H and O–H groups in total. The van der Waals surface area contributed by atoms with Crippen LogP contribution < -0.4 is 4.74 Å². The van der Waals surface area contributed by atoms with Crippen molar-refractivity contribution in [2.75, 3.05) is 6.61 Å². The number of benzene rings is 1. The van der Waals surface area contributed by atoms with E-state index in [9.17, 15) is 9.59 Å². The minimum absolute atomic E-state index is 0.0110. The normalized spacial score (nSPS) is 20.2. The Kier molecular flexibility index (Phi) is 5.20. The molecule has 1 aliphatic heterocycles. The summed E-state index contributed by atoms with van der Waals surface area (Å²) in [5.74, 6) is -0.550. The summed E-state index contributed by atoms with van der Waals surface area (Å²) in [6.07, 6.45) is 6.16. The Hall–Kier alpha value is -1.86. The van der Waals surface area contributed by atoms with Crippen LogP contribution in [-0.2, 0) is 9.59 Å². The monoisotopic (exact) mass is 363 g/mol. The molecule has 0 spiro atoms. The van der Waals surface area contributed by atoms with Crippen LogP contribution in [0, 0.1) is 0 Å². The van der Waals surface area contributed by atoms with Crippen LogP contribution in [0.3, 0.4) is 0 Å². The van der Waals surface area contributed by atoms with Crippen LogP contribution in [0.2, 0.25) is 0 Å². The van der Waals surface area contributed by atoms with Gasteiger partial charge in [0.1, 0.15) is 10.1 Å². The predicted molar refractivity (Wildman–Crippen MR) is 96.8 cm³/mol. The summed E-state index contributed by atoms with van der Waals surface area (Å²) in [6, 6.07) is 7.20. The zero-order chi connectivity index (χ0) is 17.1. The number of carboxylic acids is 1. The van der Waals surface area contributed by atoms with Gasteiger partial charge in [-0.3, -0.25) is 9.69 Å². The van der Waals surface area contributed by atoms with E-state index in [1.165, 1.54) is 11.8 Å². The van der Waals surface area contributed by atoms with Crippen molar-refractivity contribution < 1.29 is 19.4 Å². The third-order valence-electron chi connectivity index (χ3n) is 4.05. The Balaban J connectivity index is 1.70. The lowest BCUT2D eigenvalue weighted by atomic mass is 10.2. The summed E-state index contributed by atoms with van der Waals surface area (Å²) in [5.41, 5.74) is 0.851. The number of carboxylic acid groups (broad SMARTS) is 1. The first-order valence-electron chi connectivity index (χ1n) is 7.76. The molecule has 0 radical (unpaired) electrons. The van der Waals surface area contributed by atoms with Crippen LogP contribution in [-0.4, -0.2) is 38.9 Å². The third kappa shape index (κ3) is 3.79. The van der Waals surface area contributed by atoms with E-state index in [2.05, 4.69) is 0 Å². The molecule has 0 bridgehead atoms. The maximum Gasteiger partial charge on any atom is 0.341 e. The molecule has 1 saturated carbocycles. The summed E-state index contributed by atoms with van der Waals surface area (Å²) in [7, 11) is 0. The topological polar surface area (TPSA) is 66.8 Å². The number of carbonyl (C=O) groups is 2. The molecule has 1 aromatic rings. The van der Waals surface area contributed by atoms with Gasteiger partial charge in [-0.25, -0.2) is 4.79 Å². The van der Waals surface area contributed by atoms with Gasteiger partial charge in [0.25, 0.3) is 5.91 Å². The summed E-state index contributed by atoms with van der Waals surface area (Å²) in [5, 5.41) is 8.60. The molecule has 7 heteroatoms. The number of nitrogens with zero attached hydrogens (tertiary/aromatic N) is 1. The first kappa shape index (κ1) is 17.0. The van der Waals surface area contributed by atoms with Gasteiger partial charge in [-0.05, 0) is 36.6 Å². The number of thiocarbonyl (C=S) groups is 1. The van der Waals surface area contributed by atoms with Crippen molar-refractivity contribution in [2.24, 2.45) is 0 Å². The van der Waals surface area contributed by atoms with Crippen LogP contribution in [0.4, 0.5) is 0 Å². The average Bonchev–Trinajstić information content (AvgIpc) is 3.15. The molecule has 5 nitrogen and oxygen atoms in total. The zero-order valence-corrected chi connectivity index (χ0v) is 14.6. The van der Waals surface area contributed by atoms with E-state index < -0.39 is 5.97 Å². The van der Waals surface area contributed by atoms with Gasteiger partial charge >= 0.3 is 5.97 Å². The predicted octanol–water partition coefficient (Wildman–Crippen LogP) is 3.29. The van der Waals surface area contributed by atoms with E-state index in [0.29, 0.717) is 15.0 Å². The van der Waals surface area contributed by atoms with E-state index in [1.807, 2.05) is 6.08 Å². The van der Waals surface area contributed by atoms with Crippen LogP contribution in [0.1, 0.15) is 31.2 Å². The van der Waals surface area contributed by atoms with E-state index in [4.69, 9.17) is 22.1 Å². The highest BCUT2D eigenvalue weighted by molar-refractivity contribution is 8.26. The summed E-state index contributed by atoms with van der Waals surface area (Å²) < 4.78 is 5.73. The smallest absolute Gasteiger partial charge is 0.341 e. The van der Waals surface area contributed by atoms with E-state index in [0.717, 1.165) is 31.2 Å². The number of aliphatic carboxylic acids is 1. The third-order valence-corrected chi connectivity index (χ3v) is 5.38. The largest absolute Gasteiger partial charge is 0.482 e. The number of rotatable bonds is 5. The lowest BCUT2D eigenvalue weighted by Crippen LogP contribution is -2.36. The van der Waals surface area contributed by atoms with Gasteiger partial charge in [-0.15, -0.1) is 0 Å². The molecule has 24 heavy (non-hydrogen) atoms. The fourth-order valence-electron chi connectivity index (χ4n) is 2.91. The Morgan fingerprint density at radius 2 is 2.00 bits per heavy atom. The number of hydrogen-bond donors (Lipinski definition) is 1. The maximum atomic E-state index is 12.6. The van der Waals surface area contributed by atoms with Crippen molar-refractivity contribution in [3.8, 4) is 5.75 Å². The molecule has 1 aromatic carbocycles. The van der Waals surface area contributed by atoms with Gasteiger partial charge in [-0.1, -0.05) is 49.0 Å². The van der Waals surface area contributed by atoms with Crippen molar-refractivity contribution in [3.63, 3.8) is 0 Å². The lowest BCUT2D eigenvalue weighted by molar-refractivity contribution is -0.139. The number of hydrogen-bond acceptors (Lipinski definition) is 5. The Morgan fingerprint density at radius 3 is 2.62 bits per heavy atom. The molecule has 2 aliphatic rings. The average molecular weight is 363 g/mol. The second-order valence-electron chi connectivity index (χ2n) is 5.74. The molecule has 1 amide bonds. The second-order valence-corrected chi connectivity index (χ2v) is 7.42. The molecule has 0 unspecified atom stereocenters. The van der Waals surface area contributed by atoms with Crippen LogP contribution >= 0.6 is 24.0 Å². The van der Waals surface area contributed by atoms with E-state index in [1.54, 1.807) is 29.2 Å². The van der Waals surface area contributed by atoms with Gasteiger partial charge in [0, 0.05) is 6.04 Å². The van der Waals surface area contributed by atoms with Gasteiger partial charge < -0.3 is 9.84 Å². The van der Waals surface area contributed by atoms with Crippen molar-refractivity contribution in [1.82, 2.24) is 4.90 Å². The van der Waals surface area contributed by atoms with Gasteiger partial charge in [0.2, 0.25) is 0 Å². The fourth-order valence-corrected chi connectivity index (χ4v) is 4.31.